The maximum absolute atomic E-state index is 6.11. The third-order valence-electron chi connectivity index (χ3n) is 5.43. The van der Waals surface area contributed by atoms with Crippen molar-refractivity contribution in [2.45, 2.75) is 6.04 Å². The fraction of sp³-hybridized carbons (Fsp3) is 0.368. The average molecular weight is 314 g/mol. The summed E-state index contributed by atoms with van der Waals surface area (Å²) in [6.07, 6.45) is 0. The van der Waals surface area contributed by atoms with Crippen molar-refractivity contribution in [2.24, 2.45) is 0 Å². The van der Waals surface area contributed by atoms with Crippen LogP contribution in [-0.2, 0) is 0 Å². The lowest BCUT2D eigenvalue weighted by Gasteiger charge is -2.54. The highest BCUT2D eigenvalue weighted by Crippen LogP contribution is 2.38. The number of benzene rings is 2. The largest absolute Gasteiger partial charge is 0.310 e. The van der Waals surface area contributed by atoms with Gasteiger partial charge < -0.3 is 4.48 Å². The Morgan fingerprint density at radius 1 is 0.773 bits per heavy atom. The third kappa shape index (κ3) is 2.45. The molecule has 3 saturated heterocycles. The van der Waals surface area contributed by atoms with Crippen LogP contribution >= 0.6 is 11.6 Å². The standard InChI is InChI=1S/C19H22ClN2/c20-18-8-6-17(7-9-18)19(16-4-2-1-3-5-16)22-13-10-21(11-14-22)12-15-22/h1-9,19H,10-15H2/q+1/t19-/m1/s1. The molecule has 0 amide bonds. The zero-order valence-electron chi connectivity index (χ0n) is 12.8. The van der Waals surface area contributed by atoms with E-state index in [4.69, 9.17) is 11.6 Å². The molecule has 3 fully saturated rings. The monoisotopic (exact) mass is 313 g/mol. The van der Waals surface area contributed by atoms with Gasteiger partial charge >= 0.3 is 0 Å². The van der Waals surface area contributed by atoms with Crippen LogP contribution in [0.1, 0.15) is 17.2 Å². The number of fused-ring (bicyclic) bond motifs is 3. The molecule has 2 bridgehead atoms. The molecule has 0 aromatic heterocycles. The first-order valence-electron chi connectivity index (χ1n) is 8.15. The third-order valence-corrected chi connectivity index (χ3v) is 5.69. The second-order valence-electron chi connectivity index (χ2n) is 6.60. The van der Waals surface area contributed by atoms with Crippen LogP contribution in [0.3, 0.4) is 0 Å². The van der Waals surface area contributed by atoms with Crippen LogP contribution in [0.15, 0.2) is 54.6 Å². The Kier molecular flexibility index (Phi) is 3.69. The quantitative estimate of drug-likeness (QED) is 0.783. The number of rotatable bonds is 3. The van der Waals surface area contributed by atoms with Gasteiger partial charge in [0.25, 0.3) is 0 Å². The molecule has 3 aliphatic rings. The smallest absolute Gasteiger partial charge is 0.141 e. The number of quaternary nitrogens is 1. The topological polar surface area (TPSA) is 3.24 Å². The highest BCUT2D eigenvalue weighted by Gasteiger charge is 2.45. The Morgan fingerprint density at radius 3 is 1.91 bits per heavy atom. The van der Waals surface area contributed by atoms with Crippen LogP contribution in [0, 0.1) is 0 Å². The minimum absolute atomic E-state index is 0.431. The van der Waals surface area contributed by atoms with Gasteiger partial charge in [-0.15, -0.1) is 0 Å². The Labute approximate surface area is 137 Å². The van der Waals surface area contributed by atoms with Gasteiger partial charge in [0.1, 0.15) is 6.04 Å². The van der Waals surface area contributed by atoms with E-state index in [0.717, 1.165) is 5.02 Å². The van der Waals surface area contributed by atoms with Crippen molar-refractivity contribution in [3.8, 4) is 0 Å². The normalized spacial score (nSPS) is 28.5. The minimum atomic E-state index is 0.431. The second kappa shape index (κ2) is 5.69. The van der Waals surface area contributed by atoms with E-state index in [-0.39, 0.29) is 0 Å². The summed E-state index contributed by atoms with van der Waals surface area (Å²) in [7, 11) is 0. The molecule has 0 N–H and O–H groups in total. The molecule has 5 rings (SSSR count). The summed E-state index contributed by atoms with van der Waals surface area (Å²) >= 11 is 6.11. The van der Waals surface area contributed by atoms with Crippen molar-refractivity contribution in [3.05, 3.63) is 70.7 Å². The van der Waals surface area contributed by atoms with E-state index >= 15 is 0 Å². The summed E-state index contributed by atoms with van der Waals surface area (Å²) in [5.74, 6) is 0. The van der Waals surface area contributed by atoms with Crippen LogP contribution in [0.2, 0.25) is 5.02 Å². The average Bonchev–Trinajstić information content (AvgIpc) is 2.59. The van der Waals surface area contributed by atoms with Crippen molar-refractivity contribution in [1.82, 2.24) is 4.90 Å². The van der Waals surface area contributed by atoms with Crippen LogP contribution in [0.4, 0.5) is 0 Å². The molecule has 0 aliphatic carbocycles. The Hall–Kier alpha value is -1.35. The summed E-state index contributed by atoms with van der Waals surface area (Å²) in [6, 6.07) is 19.9. The Bertz CT molecular complexity index is 616. The van der Waals surface area contributed by atoms with E-state index in [0.29, 0.717) is 6.04 Å². The molecular formula is C19H22ClN2+. The second-order valence-corrected chi connectivity index (χ2v) is 7.03. The van der Waals surface area contributed by atoms with Gasteiger partial charge in [0, 0.05) is 35.8 Å². The van der Waals surface area contributed by atoms with Crippen molar-refractivity contribution in [2.75, 3.05) is 39.3 Å². The number of hydrogen-bond acceptors (Lipinski definition) is 1. The van der Waals surface area contributed by atoms with Gasteiger partial charge in [-0.3, -0.25) is 4.90 Å². The zero-order chi connectivity index (χ0) is 15.0. The SMILES string of the molecule is Clc1ccc([C@@H](c2ccccc2)[N+]23CCN(CC2)CC3)cc1. The van der Waals surface area contributed by atoms with Crippen LogP contribution in [-0.4, -0.2) is 48.7 Å². The van der Waals surface area contributed by atoms with E-state index in [9.17, 15) is 0 Å². The summed E-state index contributed by atoms with van der Waals surface area (Å²) in [5, 5.41) is 0.819. The van der Waals surface area contributed by atoms with Crippen molar-refractivity contribution in [3.63, 3.8) is 0 Å². The summed E-state index contributed by atoms with van der Waals surface area (Å²) in [5.41, 5.74) is 2.83. The maximum atomic E-state index is 6.11. The summed E-state index contributed by atoms with van der Waals surface area (Å²) in [4.78, 5) is 2.60. The lowest BCUT2D eigenvalue weighted by atomic mass is 9.92. The fourth-order valence-corrected chi connectivity index (χ4v) is 4.31. The Morgan fingerprint density at radius 2 is 1.32 bits per heavy atom. The molecule has 0 saturated carbocycles. The van der Waals surface area contributed by atoms with Gasteiger partial charge in [-0.2, -0.15) is 0 Å². The molecule has 3 heteroatoms. The predicted molar refractivity (Wildman–Crippen MR) is 91.0 cm³/mol. The van der Waals surface area contributed by atoms with Gasteiger partial charge in [0.05, 0.1) is 19.6 Å². The highest BCUT2D eigenvalue weighted by molar-refractivity contribution is 6.30. The number of nitrogens with zero attached hydrogens (tertiary/aromatic N) is 2. The van der Waals surface area contributed by atoms with Gasteiger partial charge in [-0.25, -0.2) is 0 Å². The first kappa shape index (κ1) is 14.3. The highest BCUT2D eigenvalue weighted by atomic mass is 35.5. The molecule has 2 nitrogen and oxygen atoms in total. The van der Waals surface area contributed by atoms with Crippen LogP contribution in [0.25, 0.3) is 0 Å². The lowest BCUT2D eigenvalue weighted by Crippen LogP contribution is -2.68. The van der Waals surface area contributed by atoms with E-state index < -0.39 is 0 Å². The molecule has 3 aliphatic heterocycles. The number of piperazine rings is 3. The summed E-state index contributed by atoms with van der Waals surface area (Å²) < 4.78 is 1.20. The first-order valence-corrected chi connectivity index (χ1v) is 8.53. The zero-order valence-corrected chi connectivity index (χ0v) is 13.5. The van der Waals surface area contributed by atoms with Crippen LogP contribution < -0.4 is 0 Å². The molecule has 114 valence electrons. The van der Waals surface area contributed by atoms with Gasteiger partial charge in [-0.1, -0.05) is 54.1 Å². The van der Waals surface area contributed by atoms with Crippen molar-refractivity contribution in [1.29, 1.82) is 0 Å². The van der Waals surface area contributed by atoms with Crippen molar-refractivity contribution < 1.29 is 4.48 Å². The Balaban J connectivity index is 1.80. The van der Waals surface area contributed by atoms with E-state index in [1.54, 1.807) is 0 Å². The molecule has 3 heterocycles. The molecule has 2 aromatic carbocycles. The molecule has 2 aromatic rings. The van der Waals surface area contributed by atoms with Gasteiger partial charge in [0.15, 0.2) is 0 Å². The van der Waals surface area contributed by atoms with E-state index in [2.05, 4.69) is 47.4 Å². The van der Waals surface area contributed by atoms with E-state index in [1.165, 1.54) is 54.9 Å². The molecule has 1 atom stereocenters. The molecule has 0 unspecified atom stereocenters. The number of hydrogen-bond donors (Lipinski definition) is 0. The molecule has 22 heavy (non-hydrogen) atoms. The number of halogens is 1. The fourth-order valence-electron chi connectivity index (χ4n) is 4.19. The van der Waals surface area contributed by atoms with Crippen LogP contribution in [0.5, 0.6) is 0 Å². The first-order chi connectivity index (χ1) is 10.8. The van der Waals surface area contributed by atoms with Gasteiger partial charge in [0.2, 0.25) is 0 Å². The summed E-state index contributed by atoms with van der Waals surface area (Å²) in [6.45, 7) is 7.46. The maximum Gasteiger partial charge on any atom is 0.141 e. The van der Waals surface area contributed by atoms with Gasteiger partial charge in [-0.05, 0) is 12.1 Å². The van der Waals surface area contributed by atoms with E-state index in [1.807, 2.05) is 12.1 Å². The molecule has 0 radical (unpaired) electrons. The molecule has 0 spiro atoms. The molecular weight excluding hydrogens is 292 g/mol. The minimum Gasteiger partial charge on any atom is -0.310 e. The van der Waals surface area contributed by atoms with Crippen molar-refractivity contribution >= 4 is 11.6 Å². The lowest BCUT2D eigenvalue weighted by molar-refractivity contribution is -0.963. The predicted octanol–water partition coefficient (Wildman–Crippen LogP) is 3.58.